The maximum absolute atomic E-state index is 11.7. The van der Waals surface area contributed by atoms with Gasteiger partial charge in [-0.15, -0.1) is 11.6 Å². The van der Waals surface area contributed by atoms with Crippen LogP contribution in [0.15, 0.2) is 0 Å². The van der Waals surface area contributed by atoms with Gasteiger partial charge in [0.25, 0.3) is 0 Å². The van der Waals surface area contributed by atoms with Crippen LogP contribution >= 0.6 is 23.4 Å². The summed E-state index contributed by atoms with van der Waals surface area (Å²) in [5.74, 6) is 1.63. The van der Waals surface area contributed by atoms with Gasteiger partial charge in [0.15, 0.2) is 0 Å². The van der Waals surface area contributed by atoms with Crippen molar-refractivity contribution in [3.8, 4) is 0 Å². The van der Waals surface area contributed by atoms with E-state index in [1.165, 1.54) is 0 Å². The van der Waals surface area contributed by atoms with Crippen LogP contribution in [0.5, 0.6) is 0 Å². The summed E-state index contributed by atoms with van der Waals surface area (Å²) in [5, 5.41) is 0. The smallest absolute Gasteiger partial charge is 0.232 e. The van der Waals surface area contributed by atoms with Crippen molar-refractivity contribution in [2.75, 3.05) is 24.4 Å². The van der Waals surface area contributed by atoms with Gasteiger partial charge in [-0.1, -0.05) is 0 Å². The molecule has 4 heteroatoms. The first-order chi connectivity index (χ1) is 6.79. The third-order valence-electron chi connectivity index (χ3n) is 2.64. The molecule has 0 aromatic rings. The van der Waals surface area contributed by atoms with Crippen molar-refractivity contribution in [1.82, 2.24) is 4.90 Å². The Morgan fingerprint density at radius 1 is 1.64 bits per heavy atom. The molecule has 1 fully saturated rings. The van der Waals surface area contributed by atoms with E-state index in [0.717, 1.165) is 32.2 Å². The number of amides is 1. The Hall–Kier alpha value is 0.110. The molecule has 82 valence electrons. The molecule has 0 aromatic carbocycles. The molecule has 0 saturated carbocycles. The largest absolute Gasteiger partial charge is 0.339 e. The van der Waals surface area contributed by atoms with Crippen LogP contribution in [0.4, 0.5) is 0 Å². The van der Waals surface area contributed by atoms with Gasteiger partial charge in [-0.3, -0.25) is 4.79 Å². The van der Waals surface area contributed by atoms with Crippen molar-refractivity contribution >= 4 is 29.3 Å². The lowest BCUT2D eigenvalue weighted by Crippen LogP contribution is -2.36. The summed E-state index contributed by atoms with van der Waals surface area (Å²) >= 11 is 7.27. The van der Waals surface area contributed by atoms with Crippen molar-refractivity contribution in [3.05, 3.63) is 0 Å². The molecule has 0 radical (unpaired) electrons. The van der Waals surface area contributed by atoms with Gasteiger partial charge in [-0.05, 0) is 31.9 Å². The minimum Gasteiger partial charge on any atom is -0.339 e. The molecule has 0 bridgehead atoms. The molecule has 1 amide bonds. The van der Waals surface area contributed by atoms with Gasteiger partial charge in [0, 0.05) is 18.5 Å². The Balaban J connectivity index is 2.38. The van der Waals surface area contributed by atoms with E-state index in [9.17, 15) is 4.79 Å². The highest BCUT2D eigenvalue weighted by Crippen LogP contribution is 2.22. The summed E-state index contributed by atoms with van der Waals surface area (Å²) in [6, 6.07) is 0.466. The predicted octanol–water partition coefficient (Wildman–Crippen LogP) is 2.36. The summed E-state index contributed by atoms with van der Waals surface area (Å²) < 4.78 is 0. The summed E-state index contributed by atoms with van der Waals surface area (Å²) in [6.45, 7) is 0.951. The molecule has 0 N–H and O–H groups in total. The number of carbonyl (C=O) groups is 1. The number of rotatable bonds is 5. The maximum Gasteiger partial charge on any atom is 0.232 e. The lowest BCUT2D eigenvalue weighted by molar-refractivity contribution is -0.129. The van der Waals surface area contributed by atoms with Gasteiger partial charge in [-0.2, -0.15) is 11.8 Å². The third kappa shape index (κ3) is 3.35. The number of halogens is 1. The van der Waals surface area contributed by atoms with E-state index in [1.54, 1.807) is 11.8 Å². The van der Waals surface area contributed by atoms with Crippen LogP contribution in [0.2, 0.25) is 0 Å². The zero-order valence-electron chi connectivity index (χ0n) is 8.67. The van der Waals surface area contributed by atoms with Gasteiger partial charge in [0.1, 0.15) is 0 Å². The summed E-state index contributed by atoms with van der Waals surface area (Å²) in [6.07, 6.45) is 6.39. The Labute approximate surface area is 95.4 Å². The second-order valence-electron chi connectivity index (χ2n) is 3.65. The molecule has 1 rings (SSSR count). The molecule has 0 aliphatic carbocycles. The molecule has 1 atom stereocenters. The molecule has 1 unspecified atom stereocenters. The fourth-order valence-electron chi connectivity index (χ4n) is 1.98. The first kappa shape index (κ1) is 12.2. The first-order valence-electron chi connectivity index (χ1n) is 5.14. The molecule has 1 heterocycles. The van der Waals surface area contributed by atoms with E-state index in [0.29, 0.717) is 23.6 Å². The fraction of sp³-hybridized carbons (Fsp3) is 0.900. The van der Waals surface area contributed by atoms with Crippen LogP contribution in [-0.2, 0) is 4.79 Å². The number of likely N-dealkylation sites (tertiary alicyclic amines) is 1. The Morgan fingerprint density at radius 2 is 2.43 bits per heavy atom. The number of hydrogen-bond donors (Lipinski definition) is 0. The first-order valence-corrected chi connectivity index (χ1v) is 7.06. The van der Waals surface area contributed by atoms with E-state index in [4.69, 9.17) is 11.6 Å². The third-order valence-corrected chi connectivity index (χ3v) is 3.44. The summed E-state index contributed by atoms with van der Waals surface area (Å²) in [5.41, 5.74) is 0. The Bertz CT molecular complexity index is 189. The second kappa shape index (κ2) is 6.57. The highest BCUT2D eigenvalue weighted by molar-refractivity contribution is 7.99. The minimum absolute atomic E-state index is 0.301. The number of carbonyl (C=O) groups excluding carboxylic acids is 1. The molecule has 1 aliphatic rings. The van der Waals surface area contributed by atoms with Crippen LogP contribution in [0.1, 0.15) is 25.7 Å². The molecule has 1 aliphatic heterocycles. The van der Waals surface area contributed by atoms with Crippen molar-refractivity contribution < 1.29 is 4.79 Å². The molecule has 0 aromatic heterocycles. The van der Waals surface area contributed by atoms with E-state index in [1.807, 2.05) is 11.2 Å². The van der Waals surface area contributed by atoms with E-state index in [2.05, 4.69) is 0 Å². The molecule has 14 heavy (non-hydrogen) atoms. The molecule has 1 saturated heterocycles. The number of nitrogens with zero attached hydrogens (tertiary/aromatic N) is 1. The zero-order valence-corrected chi connectivity index (χ0v) is 10.2. The van der Waals surface area contributed by atoms with Crippen molar-refractivity contribution in [2.45, 2.75) is 31.7 Å². The van der Waals surface area contributed by atoms with Crippen molar-refractivity contribution in [3.63, 3.8) is 0 Å². The standard InChI is InChI=1S/C10H18ClNOS/c1-14-8-10(13)12-7-3-5-9(12)4-2-6-11/h9H,2-8H2,1H3. The van der Waals surface area contributed by atoms with Crippen molar-refractivity contribution in [1.29, 1.82) is 0 Å². The van der Waals surface area contributed by atoms with Gasteiger partial charge in [-0.25, -0.2) is 0 Å². The maximum atomic E-state index is 11.7. The van der Waals surface area contributed by atoms with Gasteiger partial charge >= 0.3 is 0 Å². The van der Waals surface area contributed by atoms with Crippen LogP contribution < -0.4 is 0 Å². The number of hydrogen-bond acceptors (Lipinski definition) is 2. The highest BCUT2D eigenvalue weighted by Gasteiger charge is 2.27. The van der Waals surface area contributed by atoms with E-state index >= 15 is 0 Å². The summed E-state index contributed by atoms with van der Waals surface area (Å²) in [4.78, 5) is 13.7. The van der Waals surface area contributed by atoms with Crippen LogP contribution in [0.3, 0.4) is 0 Å². The van der Waals surface area contributed by atoms with Crippen LogP contribution in [0.25, 0.3) is 0 Å². The normalized spacial score (nSPS) is 21.6. The topological polar surface area (TPSA) is 20.3 Å². The quantitative estimate of drug-likeness (QED) is 0.682. The fourth-order valence-corrected chi connectivity index (χ4v) is 2.55. The number of thioether (sulfide) groups is 1. The van der Waals surface area contributed by atoms with Crippen LogP contribution in [0, 0.1) is 0 Å². The average molecular weight is 236 g/mol. The lowest BCUT2D eigenvalue weighted by Gasteiger charge is -2.24. The van der Waals surface area contributed by atoms with Gasteiger partial charge in [0.05, 0.1) is 5.75 Å². The second-order valence-corrected chi connectivity index (χ2v) is 4.89. The van der Waals surface area contributed by atoms with Crippen molar-refractivity contribution in [2.24, 2.45) is 0 Å². The lowest BCUT2D eigenvalue weighted by atomic mass is 10.1. The Morgan fingerprint density at radius 3 is 3.07 bits per heavy atom. The Kier molecular flexibility index (Phi) is 5.71. The highest BCUT2D eigenvalue weighted by atomic mass is 35.5. The average Bonchev–Trinajstić information content (AvgIpc) is 2.63. The van der Waals surface area contributed by atoms with E-state index < -0.39 is 0 Å². The number of alkyl halides is 1. The SMILES string of the molecule is CSCC(=O)N1CCCC1CCCCl. The molecule has 0 spiro atoms. The van der Waals surface area contributed by atoms with Gasteiger partial charge in [0.2, 0.25) is 5.91 Å². The van der Waals surface area contributed by atoms with E-state index in [-0.39, 0.29) is 0 Å². The monoisotopic (exact) mass is 235 g/mol. The molecule has 2 nitrogen and oxygen atoms in total. The zero-order chi connectivity index (χ0) is 10.4. The summed E-state index contributed by atoms with van der Waals surface area (Å²) in [7, 11) is 0. The molecular formula is C10H18ClNOS. The molecular weight excluding hydrogens is 218 g/mol. The van der Waals surface area contributed by atoms with Gasteiger partial charge < -0.3 is 4.90 Å². The predicted molar refractivity (Wildman–Crippen MR) is 63.1 cm³/mol. The van der Waals surface area contributed by atoms with Crippen LogP contribution in [-0.4, -0.2) is 41.3 Å². The minimum atomic E-state index is 0.301.